The maximum Gasteiger partial charge on any atom is 0.417 e. The summed E-state index contributed by atoms with van der Waals surface area (Å²) in [7, 11) is 0. The van der Waals surface area contributed by atoms with Crippen LogP contribution in [0.3, 0.4) is 0 Å². The minimum Gasteiger partial charge on any atom is -0.356 e. The SMILES string of the molecule is CC(C)[C@@H](N)CC(=O)N1CCC(CNC2=NC(c3c[nH]c4ncc(C(F)(F)F)cc34)=C(C#N)CN2)CC1. The molecule has 4 heterocycles. The van der Waals surface area contributed by atoms with E-state index in [1.165, 1.54) is 6.20 Å². The van der Waals surface area contributed by atoms with Crippen LogP contribution in [0.1, 0.15) is 44.2 Å². The topological polar surface area (TPSA) is 135 Å². The highest BCUT2D eigenvalue weighted by molar-refractivity contribution is 5.97. The van der Waals surface area contributed by atoms with Gasteiger partial charge in [0.2, 0.25) is 5.91 Å². The van der Waals surface area contributed by atoms with Gasteiger partial charge in [0.25, 0.3) is 0 Å². The van der Waals surface area contributed by atoms with Crippen molar-refractivity contribution in [1.29, 1.82) is 5.26 Å². The lowest BCUT2D eigenvalue weighted by Crippen LogP contribution is -2.46. The Hall–Kier alpha value is -3.59. The molecule has 1 atom stereocenters. The maximum absolute atomic E-state index is 13.2. The number of nitrogens with two attached hydrogens (primary N) is 1. The van der Waals surface area contributed by atoms with Crippen molar-refractivity contribution in [2.75, 3.05) is 26.2 Å². The second-order valence-corrected chi connectivity index (χ2v) is 9.89. The van der Waals surface area contributed by atoms with E-state index in [1.54, 1.807) is 0 Å². The standard InChI is InChI=1S/C25H31F3N8O/c1-14(2)20(30)8-21(37)36-5-3-15(4-6-36)10-33-24-34-11-16(9-29)22(35-24)19-13-32-23-18(19)7-17(12-31-23)25(26,27)28/h7,12-15,20H,3-6,8,10-11,30H2,1-2H3,(H,31,32)(H2,33,34,35)/t20-/m0/s1. The summed E-state index contributed by atoms with van der Waals surface area (Å²) in [6, 6.07) is 2.97. The first-order valence-electron chi connectivity index (χ1n) is 12.3. The van der Waals surface area contributed by atoms with Crippen molar-refractivity contribution in [3.8, 4) is 6.07 Å². The molecule has 4 rings (SSSR count). The van der Waals surface area contributed by atoms with Crippen LogP contribution in [0.5, 0.6) is 0 Å². The van der Waals surface area contributed by atoms with Crippen LogP contribution in [0.25, 0.3) is 16.7 Å². The lowest BCUT2D eigenvalue weighted by Gasteiger charge is -2.33. The zero-order valence-electron chi connectivity index (χ0n) is 20.8. The molecule has 1 amide bonds. The third-order valence-corrected chi connectivity index (χ3v) is 6.98. The van der Waals surface area contributed by atoms with Gasteiger partial charge in [-0.2, -0.15) is 18.4 Å². The Morgan fingerprint density at radius 2 is 2.08 bits per heavy atom. The maximum atomic E-state index is 13.2. The molecule has 1 fully saturated rings. The first kappa shape index (κ1) is 26.5. The third kappa shape index (κ3) is 6.05. The summed E-state index contributed by atoms with van der Waals surface area (Å²) in [5.41, 5.74) is 6.47. The van der Waals surface area contributed by atoms with Gasteiger partial charge in [-0.25, -0.2) is 9.98 Å². The molecule has 1 saturated heterocycles. The summed E-state index contributed by atoms with van der Waals surface area (Å²) < 4.78 is 39.7. The molecule has 198 valence electrons. The van der Waals surface area contributed by atoms with Gasteiger partial charge in [-0.05, 0) is 30.7 Å². The van der Waals surface area contributed by atoms with Crippen LogP contribution in [0.15, 0.2) is 29.0 Å². The van der Waals surface area contributed by atoms with Gasteiger partial charge >= 0.3 is 6.18 Å². The number of aliphatic imine (C=N–C) groups is 1. The van der Waals surface area contributed by atoms with Crippen molar-refractivity contribution in [3.63, 3.8) is 0 Å². The van der Waals surface area contributed by atoms with Crippen molar-refractivity contribution >= 4 is 28.6 Å². The Bertz CT molecular complexity index is 1250. The van der Waals surface area contributed by atoms with Crippen LogP contribution in [0.2, 0.25) is 0 Å². The van der Waals surface area contributed by atoms with E-state index in [0.717, 1.165) is 25.1 Å². The Labute approximate surface area is 213 Å². The van der Waals surface area contributed by atoms with Crippen LogP contribution in [-0.4, -0.2) is 59.0 Å². The lowest BCUT2D eigenvalue weighted by atomic mass is 9.95. The minimum atomic E-state index is -4.53. The number of likely N-dealkylation sites (tertiary alicyclic amines) is 1. The number of aromatic nitrogens is 2. The quantitative estimate of drug-likeness (QED) is 0.466. The second-order valence-electron chi connectivity index (χ2n) is 9.89. The fraction of sp³-hybridized carbons (Fsp3) is 0.520. The molecule has 5 N–H and O–H groups in total. The van der Waals surface area contributed by atoms with Crippen LogP contribution < -0.4 is 16.4 Å². The molecule has 0 aliphatic carbocycles. The van der Waals surface area contributed by atoms with Crippen molar-refractivity contribution < 1.29 is 18.0 Å². The number of carbonyl (C=O) groups is 1. The number of nitriles is 1. The number of fused-ring (bicyclic) bond motifs is 1. The number of carbonyl (C=O) groups excluding carboxylic acids is 1. The molecule has 0 bridgehead atoms. The first-order chi connectivity index (χ1) is 17.6. The molecule has 0 saturated carbocycles. The van der Waals surface area contributed by atoms with E-state index in [9.17, 15) is 23.2 Å². The molecule has 2 aliphatic rings. The third-order valence-electron chi connectivity index (χ3n) is 6.98. The molecule has 2 aromatic heterocycles. The van der Waals surface area contributed by atoms with E-state index >= 15 is 0 Å². The number of alkyl halides is 3. The molecular formula is C25H31F3N8O. The highest BCUT2D eigenvalue weighted by Crippen LogP contribution is 2.34. The molecule has 2 aliphatic heterocycles. The number of hydrogen-bond acceptors (Lipinski definition) is 7. The van der Waals surface area contributed by atoms with Gasteiger partial charge in [0.15, 0.2) is 5.96 Å². The van der Waals surface area contributed by atoms with Gasteiger partial charge in [-0.15, -0.1) is 0 Å². The Kier molecular flexibility index (Phi) is 7.73. The molecule has 0 spiro atoms. The van der Waals surface area contributed by atoms with E-state index in [2.05, 4.69) is 31.7 Å². The van der Waals surface area contributed by atoms with E-state index in [-0.39, 0.29) is 35.4 Å². The van der Waals surface area contributed by atoms with Gasteiger partial charge in [0.05, 0.1) is 29.4 Å². The Balaban J connectivity index is 1.42. The number of aromatic amines is 1. The number of piperidine rings is 1. The zero-order valence-corrected chi connectivity index (χ0v) is 20.8. The van der Waals surface area contributed by atoms with E-state index in [4.69, 9.17) is 5.73 Å². The van der Waals surface area contributed by atoms with E-state index < -0.39 is 11.7 Å². The summed E-state index contributed by atoms with van der Waals surface area (Å²) in [6.45, 7) is 6.16. The number of hydrogen-bond donors (Lipinski definition) is 4. The highest BCUT2D eigenvalue weighted by atomic mass is 19.4. The van der Waals surface area contributed by atoms with Gasteiger partial charge in [-0.1, -0.05) is 13.8 Å². The van der Waals surface area contributed by atoms with Gasteiger partial charge in [-0.3, -0.25) is 4.79 Å². The monoisotopic (exact) mass is 516 g/mol. The van der Waals surface area contributed by atoms with E-state index in [0.29, 0.717) is 54.8 Å². The largest absolute Gasteiger partial charge is 0.417 e. The normalized spacial score (nSPS) is 18.0. The number of nitrogens with one attached hydrogen (secondary N) is 3. The predicted molar refractivity (Wildman–Crippen MR) is 134 cm³/mol. The number of amides is 1. The highest BCUT2D eigenvalue weighted by Gasteiger charge is 2.32. The first-order valence-corrected chi connectivity index (χ1v) is 12.3. The Morgan fingerprint density at radius 3 is 2.73 bits per heavy atom. The molecule has 2 aromatic rings. The summed E-state index contributed by atoms with van der Waals surface area (Å²) in [4.78, 5) is 25.7. The van der Waals surface area contributed by atoms with Crippen LogP contribution in [0, 0.1) is 23.2 Å². The predicted octanol–water partition coefficient (Wildman–Crippen LogP) is 2.98. The minimum absolute atomic E-state index is 0.0895. The number of nitrogens with zero attached hydrogens (tertiary/aromatic N) is 4. The number of guanidine groups is 1. The summed E-state index contributed by atoms with van der Waals surface area (Å²) in [5.74, 6) is 1.11. The molecule has 9 nitrogen and oxygen atoms in total. The number of pyridine rings is 1. The summed E-state index contributed by atoms with van der Waals surface area (Å²) >= 11 is 0. The molecule has 0 unspecified atom stereocenters. The van der Waals surface area contributed by atoms with Gasteiger partial charge < -0.3 is 26.3 Å². The average molecular weight is 517 g/mol. The molecule has 12 heteroatoms. The lowest BCUT2D eigenvalue weighted by molar-refractivity contribution is -0.137. The summed E-state index contributed by atoms with van der Waals surface area (Å²) in [5, 5.41) is 16.2. The second kappa shape index (κ2) is 10.8. The molecular weight excluding hydrogens is 485 g/mol. The van der Waals surface area contributed by atoms with Gasteiger partial charge in [0, 0.05) is 55.4 Å². The fourth-order valence-corrected chi connectivity index (χ4v) is 4.44. The molecule has 0 aromatic carbocycles. The average Bonchev–Trinajstić information content (AvgIpc) is 3.30. The summed E-state index contributed by atoms with van der Waals surface area (Å²) in [6.07, 6.45) is -0.210. The van der Waals surface area contributed by atoms with Gasteiger partial charge in [0.1, 0.15) is 5.65 Å². The van der Waals surface area contributed by atoms with Crippen LogP contribution >= 0.6 is 0 Å². The Morgan fingerprint density at radius 1 is 1.35 bits per heavy atom. The van der Waals surface area contributed by atoms with Crippen LogP contribution in [0.4, 0.5) is 13.2 Å². The van der Waals surface area contributed by atoms with Crippen molar-refractivity contribution in [3.05, 3.63) is 35.2 Å². The van der Waals surface area contributed by atoms with E-state index in [1.807, 2.05) is 18.7 Å². The smallest absolute Gasteiger partial charge is 0.356 e. The van der Waals surface area contributed by atoms with Crippen molar-refractivity contribution in [2.24, 2.45) is 22.6 Å². The number of H-pyrrole nitrogens is 1. The zero-order chi connectivity index (χ0) is 26.7. The number of halogens is 3. The molecule has 0 radical (unpaired) electrons. The number of rotatable bonds is 6. The molecule has 37 heavy (non-hydrogen) atoms. The van der Waals surface area contributed by atoms with Crippen LogP contribution in [-0.2, 0) is 11.0 Å². The fourth-order valence-electron chi connectivity index (χ4n) is 4.44. The van der Waals surface area contributed by atoms with Crippen molar-refractivity contribution in [2.45, 2.75) is 45.3 Å². The van der Waals surface area contributed by atoms with Crippen molar-refractivity contribution in [1.82, 2.24) is 25.5 Å².